The summed E-state index contributed by atoms with van der Waals surface area (Å²) >= 11 is 0. The van der Waals surface area contributed by atoms with Crippen molar-refractivity contribution in [1.82, 2.24) is 5.32 Å². The highest BCUT2D eigenvalue weighted by molar-refractivity contribution is 5.81. The molecule has 144 valence electrons. The van der Waals surface area contributed by atoms with Crippen LogP contribution < -0.4 is 19.5 Å². The molecule has 0 fully saturated rings. The molecule has 7 nitrogen and oxygen atoms in total. The van der Waals surface area contributed by atoms with Crippen molar-refractivity contribution in [1.29, 1.82) is 0 Å². The van der Waals surface area contributed by atoms with Crippen LogP contribution in [-0.2, 0) is 16.2 Å². The zero-order valence-corrected chi connectivity index (χ0v) is 15.7. The summed E-state index contributed by atoms with van der Waals surface area (Å²) in [5.41, 5.74) is 1.66. The molecule has 0 aliphatic carbocycles. The van der Waals surface area contributed by atoms with Gasteiger partial charge in [-0.2, -0.15) is 0 Å². The van der Waals surface area contributed by atoms with E-state index in [0.29, 0.717) is 24.7 Å². The topological polar surface area (TPSA) is 78.4 Å². The molecule has 0 aliphatic rings. The van der Waals surface area contributed by atoms with Crippen LogP contribution in [0.5, 0.6) is 17.2 Å². The Hall–Kier alpha value is -3.22. The average Bonchev–Trinajstić information content (AvgIpc) is 2.70. The Morgan fingerprint density at radius 3 is 2.59 bits per heavy atom. The largest absolute Gasteiger partial charge is 0.496 e. The first kappa shape index (κ1) is 20.1. The Morgan fingerprint density at radius 2 is 1.85 bits per heavy atom. The number of hydrogen-bond acceptors (Lipinski definition) is 6. The monoisotopic (exact) mass is 372 g/mol. The highest BCUT2D eigenvalue weighted by Gasteiger charge is 2.06. The molecule has 0 spiro atoms. The van der Waals surface area contributed by atoms with E-state index in [9.17, 15) is 4.79 Å². The van der Waals surface area contributed by atoms with Gasteiger partial charge in [0, 0.05) is 17.7 Å². The van der Waals surface area contributed by atoms with Gasteiger partial charge in [0.25, 0.3) is 5.91 Å². The zero-order valence-electron chi connectivity index (χ0n) is 15.7. The predicted molar refractivity (Wildman–Crippen MR) is 103 cm³/mol. The van der Waals surface area contributed by atoms with Crippen LogP contribution in [0.1, 0.15) is 18.1 Å². The Kier molecular flexibility index (Phi) is 7.96. The summed E-state index contributed by atoms with van der Waals surface area (Å²) in [5, 5.41) is 6.57. The van der Waals surface area contributed by atoms with Gasteiger partial charge in [0.1, 0.15) is 5.75 Å². The van der Waals surface area contributed by atoms with Gasteiger partial charge in [-0.05, 0) is 31.2 Å². The van der Waals surface area contributed by atoms with Crippen LogP contribution in [0, 0.1) is 0 Å². The number of methoxy groups -OCH3 is 2. The SMILES string of the molecule is CCOc1ccc(C=NOCC(=O)NCc2ccccc2OC)cc1OC. The smallest absolute Gasteiger partial charge is 0.261 e. The molecule has 0 aromatic heterocycles. The van der Waals surface area contributed by atoms with Gasteiger partial charge < -0.3 is 24.4 Å². The highest BCUT2D eigenvalue weighted by Crippen LogP contribution is 2.27. The number of para-hydroxylation sites is 1. The van der Waals surface area contributed by atoms with E-state index in [2.05, 4.69) is 10.5 Å². The summed E-state index contributed by atoms with van der Waals surface area (Å²) in [6.45, 7) is 2.63. The molecule has 1 amide bonds. The molecule has 2 aromatic carbocycles. The van der Waals surface area contributed by atoms with E-state index in [1.807, 2.05) is 37.3 Å². The Bertz CT molecular complexity index is 777. The third-order valence-corrected chi connectivity index (χ3v) is 3.63. The van der Waals surface area contributed by atoms with Crippen LogP contribution in [-0.4, -0.2) is 39.6 Å². The quantitative estimate of drug-likeness (QED) is 0.512. The third kappa shape index (κ3) is 6.22. The lowest BCUT2D eigenvalue weighted by molar-refractivity contribution is -0.125. The molecule has 0 bridgehead atoms. The normalized spacial score (nSPS) is 10.5. The van der Waals surface area contributed by atoms with E-state index in [-0.39, 0.29) is 12.5 Å². The fourth-order valence-corrected chi connectivity index (χ4v) is 2.33. The van der Waals surface area contributed by atoms with Gasteiger partial charge >= 0.3 is 0 Å². The molecule has 0 unspecified atom stereocenters. The maximum atomic E-state index is 11.9. The molecule has 0 saturated carbocycles. The number of hydrogen-bond donors (Lipinski definition) is 1. The molecule has 0 radical (unpaired) electrons. The molecule has 2 aromatic rings. The third-order valence-electron chi connectivity index (χ3n) is 3.63. The molecule has 2 rings (SSSR count). The standard InChI is InChI=1S/C20H24N2O5/c1-4-26-18-10-9-15(11-19(18)25-3)12-22-27-14-20(23)21-13-16-7-5-6-8-17(16)24-2/h5-12H,4,13-14H2,1-3H3,(H,21,23). The number of oxime groups is 1. The first-order valence-corrected chi connectivity index (χ1v) is 8.52. The summed E-state index contributed by atoms with van der Waals surface area (Å²) in [5.74, 6) is 1.72. The first-order chi connectivity index (χ1) is 13.2. The summed E-state index contributed by atoms with van der Waals surface area (Å²) in [7, 11) is 3.16. The van der Waals surface area contributed by atoms with Crippen LogP contribution in [0.25, 0.3) is 0 Å². The highest BCUT2D eigenvalue weighted by atomic mass is 16.6. The minimum absolute atomic E-state index is 0.181. The van der Waals surface area contributed by atoms with Crippen molar-refractivity contribution in [2.75, 3.05) is 27.4 Å². The molecular formula is C20H24N2O5. The molecule has 1 N–H and O–H groups in total. The van der Waals surface area contributed by atoms with E-state index in [1.54, 1.807) is 26.4 Å². The van der Waals surface area contributed by atoms with E-state index in [0.717, 1.165) is 16.9 Å². The van der Waals surface area contributed by atoms with Gasteiger partial charge in [0.15, 0.2) is 18.1 Å². The number of carbonyl (C=O) groups is 1. The lowest BCUT2D eigenvalue weighted by Gasteiger charge is -2.09. The van der Waals surface area contributed by atoms with E-state index in [1.165, 1.54) is 6.21 Å². The van der Waals surface area contributed by atoms with Crippen molar-refractivity contribution < 1.29 is 23.8 Å². The van der Waals surface area contributed by atoms with Crippen LogP contribution in [0.2, 0.25) is 0 Å². The average molecular weight is 372 g/mol. The summed E-state index contributed by atoms with van der Waals surface area (Å²) in [4.78, 5) is 16.9. The van der Waals surface area contributed by atoms with Crippen molar-refractivity contribution in [3.8, 4) is 17.2 Å². The number of benzene rings is 2. The van der Waals surface area contributed by atoms with Crippen molar-refractivity contribution in [2.45, 2.75) is 13.5 Å². The minimum atomic E-state index is -0.276. The van der Waals surface area contributed by atoms with Crippen LogP contribution in [0.4, 0.5) is 0 Å². The molecular weight excluding hydrogens is 348 g/mol. The summed E-state index contributed by atoms with van der Waals surface area (Å²) < 4.78 is 16.0. The Labute approximate surface area is 158 Å². The number of nitrogens with zero attached hydrogens (tertiary/aromatic N) is 1. The molecule has 0 aliphatic heterocycles. The van der Waals surface area contributed by atoms with E-state index in [4.69, 9.17) is 19.0 Å². The van der Waals surface area contributed by atoms with Gasteiger partial charge in [-0.25, -0.2) is 0 Å². The zero-order chi connectivity index (χ0) is 19.5. The van der Waals surface area contributed by atoms with Gasteiger partial charge in [-0.15, -0.1) is 0 Å². The fraction of sp³-hybridized carbons (Fsp3) is 0.300. The molecule has 0 heterocycles. The predicted octanol–water partition coefficient (Wildman–Crippen LogP) is 2.77. The van der Waals surface area contributed by atoms with Gasteiger partial charge in [0.2, 0.25) is 0 Å². The fourth-order valence-electron chi connectivity index (χ4n) is 2.33. The maximum Gasteiger partial charge on any atom is 0.261 e. The van der Waals surface area contributed by atoms with E-state index >= 15 is 0 Å². The Morgan fingerprint density at radius 1 is 1.07 bits per heavy atom. The van der Waals surface area contributed by atoms with Crippen LogP contribution >= 0.6 is 0 Å². The van der Waals surface area contributed by atoms with Crippen LogP contribution in [0.15, 0.2) is 47.6 Å². The first-order valence-electron chi connectivity index (χ1n) is 8.52. The summed E-state index contributed by atoms with van der Waals surface area (Å²) in [6, 6.07) is 12.9. The number of ether oxygens (including phenoxy) is 3. The number of rotatable bonds is 10. The van der Waals surface area contributed by atoms with E-state index < -0.39 is 0 Å². The minimum Gasteiger partial charge on any atom is -0.496 e. The molecule has 27 heavy (non-hydrogen) atoms. The van der Waals surface area contributed by atoms with Crippen molar-refractivity contribution in [2.24, 2.45) is 5.16 Å². The van der Waals surface area contributed by atoms with Crippen LogP contribution in [0.3, 0.4) is 0 Å². The Balaban J connectivity index is 1.80. The molecule has 7 heteroatoms. The second kappa shape index (κ2) is 10.7. The maximum absolute atomic E-state index is 11.9. The van der Waals surface area contributed by atoms with Gasteiger partial charge in [-0.3, -0.25) is 4.79 Å². The van der Waals surface area contributed by atoms with Crippen molar-refractivity contribution >= 4 is 12.1 Å². The molecule has 0 saturated heterocycles. The van der Waals surface area contributed by atoms with Gasteiger partial charge in [-0.1, -0.05) is 23.4 Å². The van der Waals surface area contributed by atoms with Crippen molar-refractivity contribution in [3.05, 3.63) is 53.6 Å². The molecule has 0 atom stereocenters. The lowest BCUT2D eigenvalue weighted by atomic mass is 10.2. The second-order valence-corrected chi connectivity index (χ2v) is 5.44. The lowest BCUT2D eigenvalue weighted by Crippen LogP contribution is -2.26. The summed E-state index contributed by atoms with van der Waals surface area (Å²) in [6.07, 6.45) is 1.51. The second-order valence-electron chi connectivity index (χ2n) is 5.44. The van der Waals surface area contributed by atoms with Crippen molar-refractivity contribution in [3.63, 3.8) is 0 Å². The number of carbonyl (C=O) groups excluding carboxylic acids is 1. The number of nitrogens with one attached hydrogen (secondary N) is 1. The van der Waals surface area contributed by atoms with Gasteiger partial charge in [0.05, 0.1) is 27.0 Å². The number of amides is 1.